The van der Waals surface area contributed by atoms with Gasteiger partial charge in [0.15, 0.2) is 0 Å². The van der Waals surface area contributed by atoms with Crippen molar-refractivity contribution in [2.75, 3.05) is 26.3 Å². The van der Waals surface area contributed by atoms with Crippen molar-refractivity contribution < 1.29 is 14.3 Å². The lowest BCUT2D eigenvalue weighted by Gasteiger charge is -2.23. The summed E-state index contributed by atoms with van der Waals surface area (Å²) in [7, 11) is 0. The second kappa shape index (κ2) is 7.53. The van der Waals surface area contributed by atoms with E-state index in [2.05, 4.69) is 9.97 Å². The molecule has 7 nitrogen and oxygen atoms in total. The average molecular weight is 324 g/mol. The molecule has 1 aromatic carbocycles. The van der Waals surface area contributed by atoms with Crippen molar-refractivity contribution in [3.63, 3.8) is 0 Å². The smallest absolute Gasteiger partial charge is 0.254 e. The maximum absolute atomic E-state index is 12.7. The Morgan fingerprint density at radius 2 is 2.17 bits per heavy atom. The number of hydrogen-bond acceptors (Lipinski definition) is 6. The van der Waals surface area contributed by atoms with E-state index in [1.54, 1.807) is 41.6 Å². The van der Waals surface area contributed by atoms with Crippen molar-refractivity contribution in [1.82, 2.24) is 14.9 Å². The Balaban J connectivity index is 1.69. The number of nitrogens with zero attached hydrogens (tertiary/aromatic N) is 4. The van der Waals surface area contributed by atoms with Gasteiger partial charge < -0.3 is 14.4 Å². The van der Waals surface area contributed by atoms with Gasteiger partial charge in [-0.05, 0) is 24.3 Å². The van der Waals surface area contributed by atoms with Gasteiger partial charge in [-0.2, -0.15) is 5.26 Å². The van der Waals surface area contributed by atoms with Crippen LogP contribution in [0.3, 0.4) is 0 Å². The minimum Gasteiger partial charge on any atom is -0.469 e. The van der Waals surface area contributed by atoms with E-state index in [0.717, 1.165) is 0 Å². The second-order valence-corrected chi connectivity index (χ2v) is 5.30. The van der Waals surface area contributed by atoms with Crippen molar-refractivity contribution in [3.8, 4) is 11.9 Å². The van der Waals surface area contributed by atoms with E-state index < -0.39 is 0 Å². The summed E-state index contributed by atoms with van der Waals surface area (Å²) in [6.07, 6.45) is 4.33. The Morgan fingerprint density at radius 1 is 1.33 bits per heavy atom. The Bertz CT molecular complexity index is 728. The molecule has 1 aliphatic heterocycles. The molecule has 1 aliphatic rings. The molecule has 0 unspecified atom stereocenters. The van der Waals surface area contributed by atoms with E-state index in [9.17, 15) is 4.79 Å². The van der Waals surface area contributed by atoms with Gasteiger partial charge in [-0.25, -0.2) is 4.98 Å². The van der Waals surface area contributed by atoms with E-state index in [0.29, 0.717) is 43.3 Å². The zero-order chi connectivity index (χ0) is 16.8. The molecule has 24 heavy (non-hydrogen) atoms. The molecule has 2 heterocycles. The molecule has 3 rings (SSSR count). The Kier molecular flexibility index (Phi) is 4.99. The fourth-order valence-corrected chi connectivity index (χ4v) is 2.42. The third-order valence-corrected chi connectivity index (χ3v) is 3.61. The molecular formula is C17H16N4O3. The number of carbonyl (C=O) groups excluding carboxylic acids is 1. The maximum Gasteiger partial charge on any atom is 0.254 e. The highest BCUT2D eigenvalue weighted by atomic mass is 16.5. The number of nitriles is 1. The van der Waals surface area contributed by atoms with Gasteiger partial charge >= 0.3 is 0 Å². The van der Waals surface area contributed by atoms with Gasteiger partial charge in [0.25, 0.3) is 5.91 Å². The predicted molar refractivity (Wildman–Crippen MR) is 84.3 cm³/mol. The number of ether oxygens (including phenoxy) is 2. The summed E-state index contributed by atoms with van der Waals surface area (Å²) in [4.78, 5) is 22.4. The molecule has 0 radical (unpaired) electrons. The lowest BCUT2D eigenvalue weighted by molar-refractivity contribution is 0.0632. The summed E-state index contributed by atoms with van der Waals surface area (Å²) >= 11 is 0. The molecule has 1 fully saturated rings. The van der Waals surface area contributed by atoms with E-state index in [1.165, 1.54) is 6.20 Å². The SMILES string of the molecule is N#Cc1ccc(C(=O)N2CCOC[C@H](Oc3cnccn3)C2)cc1. The van der Waals surface area contributed by atoms with Gasteiger partial charge in [0.2, 0.25) is 5.88 Å². The van der Waals surface area contributed by atoms with Crippen LogP contribution in [-0.4, -0.2) is 53.2 Å². The number of aromatic nitrogens is 2. The number of rotatable bonds is 3. The molecule has 2 aromatic rings. The summed E-state index contributed by atoms with van der Waals surface area (Å²) < 4.78 is 11.3. The second-order valence-electron chi connectivity index (χ2n) is 5.30. The van der Waals surface area contributed by atoms with Gasteiger partial charge in [0.1, 0.15) is 6.10 Å². The predicted octanol–water partition coefficient (Wildman–Crippen LogP) is 1.27. The topological polar surface area (TPSA) is 88.3 Å². The Labute approximate surface area is 139 Å². The van der Waals surface area contributed by atoms with Crippen LogP contribution in [0, 0.1) is 11.3 Å². The van der Waals surface area contributed by atoms with Gasteiger partial charge in [-0.3, -0.25) is 9.78 Å². The van der Waals surface area contributed by atoms with E-state index >= 15 is 0 Å². The third kappa shape index (κ3) is 3.86. The largest absolute Gasteiger partial charge is 0.469 e. The van der Waals surface area contributed by atoms with Crippen LogP contribution in [0.5, 0.6) is 5.88 Å². The summed E-state index contributed by atoms with van der Waals surface area (Å²) in [6.45, 7) is 1.71. The normalized spacial score (nSPS) is 17.6. The van der Waals surface area contributed by atoms with E-state index in [-0.39, 0.29) is 12.0 Å². The third-order valence-electron chi connectivity index (χ3n) is 3.61. The number of carbonyl (C=O) groups is 1. The first-order valence-corrected chi connectivity index (χ1v) is 7.56. The summed E-state index contributed by atoms with van der Waals surface area (Å²) in [5.41, 5.74) is 1.06. The van der Waals surface area contributed by atoms with Crippen LogP contribution in [-0.2, 0) is 4.74 Å². The van der Waals surface area contributed by atoms with E-state index in [1.807, 2.05) is 6.07 Å². The number of amides is 1. The van der Waals surface area contributed by atoms with Crippen LogP contribution in [0.4, 0.5) is 0 Å². The highest BCUT2D eigenvalue weighted by Crippen LogP contribution is 2.13. The van der Waals surface area contributed by atoms with Crippen LogP contribution in [0.1, 0.15) is 15.9 Å². The molecular weight excluding hydrogens is 308 g/mol. The zero-order valence-electron chi connectivity index (χ0n) is 13.0. The first-order chi connectivity index (χ1) is 11.8. The zero-order valence-corrected chi connectivity index (χ0v) is 13.0. The molecule has 7 heteroatoms. The highest BCUT2D eigenvalue weighted by molar-refractivity contribution is 5.94. The van der Waals surface area contributed by atoms with Gasteiger partial charge in [-0.1, -0.05) is 0 Å². The Morgan fingerprint density at radius 3 is 2.88 bits per heavy atom. The van der Waals surface area contributed by atoms with Gasteiger partial charge in [0.05, 0.1) is 37.6 Å². The molecule has 1 amide bonds. The molecule has 0 spiro atoms. The van der Waals surface area contributed by atoms with Gasteiger partial charge in [0, 0.05) is 24.5 Å². The Hall–Kier alpha value is -2.98. The first-order valence-electron chi connectivity index (χ1n) is 7.56. The van der Waals surface area contributed by atoms with Crippen LogP contribution in [0.15, 0.2) is 42.9 Å². The number of hydrogen-bond donors (Lipinski definition) is 0. The molecule has 0 bridgehead atoms. The van der Waals surface area contributed by atoms with Crippen LogP contribution in [0.2, 0.25) is 0 Å². The van der Waals surface area contributed by atoms with Crippen LogP contribution in [0.25, 0.3) is 0 Å². The lowest BCUT2D eigenvalue weighted by atomic mass is 10.1. The maximum atomic E-state index is 12.7. The minimum atomic E-state index is -0.313. The summed E-state index contributed by atoms with van der Waals surface area (Å²) in [6, 6.07) is 8.62. The average Bonchev–Trinajstić information content (AvgIpc) is 2.87. The molecule has 0 saturated carbocycles. The van der Waals surface area contributed by atoms with Crippen molar-refractivity contribution in [1.29, 1.82) is 5.26 Å². The number of benzene rings is 1. The fourth-order valence-electron chi connectivity index (χ4n) is 2.42. The van der Waals surface area contributed by atoms with E-state index in [4.69, 9.17) is 14.7 Å². The minimum absolute atomic E-state index is 0.113. The standard InChI is InChI=1S/C17H16N4O3/c18-9-13-1-3-14(4-2-13)17(22)21-7-8-23-12-15(11-21)24-16-10-19-5-6-20-16/h1-6,10,15H,7-8,11-12H2/t15-/m1/s1. The van der Waals surface area contributed by atoms with Crippen LogP contribution >= 0.6 is 0 Å². The molecule has 122 valence electrons. The van der Waals surface area contributed by atoms with Crippen molar-refractivity contribution in [2.24, 2.45) is 0 Å². The fraction of sp³-hybridized carbons (Fsp3) is 0.294. The molecule has 0 aliphatic carbocycles. The quantitative estimate of drug-likeness (QED) is 0.845. The van der Waals surface area contributed by atoms with Crippen LogP contribution < -0.4 is 4.74 Å². The first kappa shape index (κ1) is 15.9. The highest BCUT2D eigenvalue weighted by Gasteiger charge is 2.25. The molecule has 1 atom stereocenters. The van der Waals surface area contributed by atoms with Crippen molar-refractivity contribution in [2.45, 2.75) is 6.10 Å². The molecule has 0 N–H and O–H groups in total. The molecule has 1 aromatic heterocycles. The summed E-state index contributed by atoms with van der Waals surface area (Å²) in [5, 5.41) is 8.84. The van der Waals surface area contributed by atoms with Gasteiger partial charge in [-0.15, -0.1) is 0 Å². The van der Waals surface area contributed by atoms with Crippen molar-refractivity contribution in [3.05, 3.63) is 54.0 Å². The van der Waals surface area contributed by atoms with Crippen molar-refractivity contribution >= 4 is 5.91 Å². The monoisotopic (exact) mass is 324 g/mol. The lowest BCUT2D eigenvalue weighted by Crippen LogP contribution is -2.40. The summed E-state index contributed by atoms with van der Waals surface area (Å²) in [5.74, 6) is 0.288. The molecule has 1 saturated heterocycles.